The minimum Gasteiger partial charge on any atom is -0.350 e. The molecular weight excluding hydrogens is 238 g/mol. The summed E-state index contributed by atoms with van der Waals surface area (Å²) in [5.41, 5.74) is 2.57. The summed E-state index contributed by atoms with van der Waals surface area (Å²) >= 11 is 0. The highest BCUT2D eigenvalue weighted by Crippen LogP contribution is 2.19. The Morgan fingerprint density at radius 1 is 1.11 bits per heavy atom. The largest absolute Gasteiger partial charge is 0.350 e. The van der Waals surface area contributed by atoms with Gasteiger partial charge in [-0.25, -0.2) is 0 Å². The molecule has 0 fully saturated rings. The number of para-hydroxylation sites is 1. The van der Waals surface area contributed by atoms with Gasteiger partial charge in [-0.15, -0.1) is 10.2 Å². The molecule has 1 N–H and O–H groups in total. The summed E-state index contributed by atoms with van der Waals surface area (Å²) in [6.45, 7) is 1.55. The smallest absolute Gasteiger partial charge is 0.146 e. The van der Waals surface area contributed by atoms with E-state index in [2.05, 4.69) is 57.6 Å². The van der Waals surface area contributed by atoms with E-state index in [9.17, 15) is 0 Å². The van der Waals surface area contributed by atoms with Gasteiger partial charge in [0.15, 0.2) is 0 Å². The molecule has 5 nitrogen and oxygen atoms in total. The van der Waals surface area contributed by atoms with Crippen LogP contribution in [0.15, 0.2) is 36.8 Å². The third-order valence-corrected chi connectivity index (χ3v) is 3.38. The fourth-order valence-electron chi connectivity index (χ4n) is 2.34. The van der Waals surface area contributed by atoms with Gasteiger partial charge in [0, 0.05) is 37.7 Å². The number of hydrogen-bond donors (Lipinski definition) is 1. The summed E-state index contributed by atoms with van der Waals surface area (Å²) < 4.78 is 4.09. The van der Waals surface area contributed by atoms with Crippen molar-refractivity contribution in [2.45, 2.75) is 13.1 Å². The van der Waals surface area contributed by atoms with Gasteiger partial charge in [-0.3, -0.25) is 0 Å². The molecule has 0 unspecified atom stereocenters. The number of nitrogens with one attached hydrogen (secondary N) is 1. The van der Waals surface area contributed by atoms with E-state index >= 15 is 0 Å². The van der Waals surface area contributed by atoms with Crippen molar-refractivity contribution in [2.75, 3.05) is 0 Å². The van der Waals surface area contributed by atoms with Crippen LogP contribution < -0.4 is 5.32 Å². The Morgan fingerprint density at radius 3 is 2.74 bits per heavy atom. The van der Waals surface area contributed by atoms with Crippen molar-refractivity contribution in [2.24, 2.45) is 14.1 Å². The molecule has 0 aliphatic heterocycles. The molecule has 19 heavy (non-hydrogen) atoms. The topological polar surface area (TPSA) is 47.7 Å². The number of aryl methyl sites for hydroxylation is 2. The van der Waals surface area contributed by atoms with E-state index in [1.54, 1.807) is 6.33 Å². The molecule has 0 saturated carbocycles. The summed E-state index contributed by atoms with van der Waals surface area (Å²) in [5.74, 6) is 0.945. The molecule has 3 aromatic rings. The molecule has 0 aliphatic rings. The Hall–Kier alpha value is -2.14. The Balaban J connectivity index is 1.74. The van der Waals surface area contributed by atoms with Gasteiger partial charge in [0.05, 0.1) is 6.54 Å². The van der Waals surface area contributed by atoms with E-state index in [1.807, 2.05) is 11.6 Å². The van der Waals surface area contributed by atoms with Crippen molar-refractivity contribution >= 4 is 10.9 Å². The van der Waals surface area contributed by atoms with E-state index < -0.39 is 0 Å². The lowest BCUT2D eigenvalue weighted by molar-refractivity contribution is 0.638. The van der Waals surface area contributed by atoms with E-state index in [1.165, 1.54) is 16.5 Å². The molecule has 0 bridgehead atoms. The lowest BCUT2D eigenvalue weighted by Crippen LogP contribution is -2.15. The Morgan fingerprint density at radius 2 is 1.95 bits per heavy atom. The number of aromatic nitrogens is 4. The minimum absolute atomic E-state index is 0.722. The van der Waals surface area contributed by atoms with Gasteiger partial charge in [-0.1, -0.05) is 18.2 Å². The predicted octanol–water partition coefficient (Wildman–Crippen LogP) is 1.60. The summed E-state index contributed by atoms with van der Waals surface area (Å²) in [6.07, 6.45) is 3.89. The first-order valence-corrected chi connectivity index (χ1v) is 6.32. The summed E-state index contributed by atoms with van der Waals surface area (Å²) in [4.78, 5) is 0. The average Bonchev–Trinajstić information content (AvgIpc) is 2.96. The van der Waals surface area contributed by atoms with Crippen molar-refractivity contribution in [1.29, 1.82) is 0 Å². The standard InChI is InChI=1S/C14H17N5/c1-18-9-11(12-5-3-4-6-13(12)18)7-15-8-14-17-16-10-19(14)2/h3-6,9-10,15H,7-8H2,1-2H3. The lowest BCUT2D eigenvalue weighted by Gasteiger charge is -2.03. The van der Waals surface area contributed by atoms with Crippen LogP contribution in [0.2, 0.25) is 0 Å². The molecule has 0 spiro atoms. The SMILES string of the molecule is Cn1cnnc1CNCc1cn(C)c2ccccc12. The monoisotopic (exact) mass is 255 g/mol. The molecule has 5 heteroatoms. The maximum absolute atomic E-state index is 4.06. The molecule has 3 rings (SSSR count). The first-order valence-electron chi connectivity index (χ1n) is 6.32. The second kappa shape index (κ2) is 4.85. The van der Waals surface area contributed by atoms with Crippen molar-refractivity contribution in [3.05, 3.63) is 48.2 Å². The normalized spacial score (nSPS) is 11.3. The molecule has 2 heterocycles. The Kier molecular flexibility index (Phi) is 3.05. The fraction of sp³-hybridized carbons (Fsp3) is 0.286. The van der Waals surface area contributed by atoms with Crippen LogP contribution in [0.4, 0.5) is 0 Å². The van der Waals surface area contributed by atoms with Gasteiger partial charge < -0.3 is 14.5 Å². The third-order valence-electron chi connectivity index (χ3n) is 3.38. The van der Waals surface area contributed by atoms with Crippen LogP contribution in [0.25, 0.3) is 10.9 Å². The number of nitrogens with zero attached hydrogens (tertiary/aromatic N) is 4. The van der Waals surface area contributed by atoms with Crippen molar-refractivity contribution < 1.29 is 0 Å². The van der Waals surface area contributed by atoms with Crippen LogP contribution in [0, 0.1) is 0 Å². The van der Waals surface area contributed by atoms with Crippen LogP contribution in [0.5, 0.6) is 0 Å². The van der Waals surface area contributed by atoms with Gasteiger partial charge in [0.2, 0.25) is 0 Å². The molecule has 98 valence electrons. The molecule has 1 aromatic carbocycles. The fourth-order valence-corrected chi connectivity index (χ4v) is 2.34. The van der Waals surface area contributed by atoms with Crippen LogP contribution in [-0.2, 0) is 27.2 Å². The first kappa shape index (κ1) is 11.9. The molecule has 0 atom stereocenters. The van der Waals surface area contributed by atoms with Crippen LogP contribution >= 0.6 is 0 Å². The number of rotatable bonds is 4. The van der Waals surface area contributed by atoms with Gasteiger partial charge in [-0.05, 0) is 11.6 Å². The van der Waals surface area contributed by atoms with Gasteiger partial charge in [-0.2, -0.15) is 0 Å². The lowest BCUT2D eigenvalue weighted by atomic mass is 10.2. The van der Waals surface area contributed by atoms with E-state index in [0.29, 0.717) is 0 Å². The van der Waals surface area contributed by atoms with Crippen molar-refractivity contribution in [3.8, 4) is 0 Å². The zero-order valence-corrected chi connectivity index (χ0v) is 11.2. The van der Waals surface area contributed by atoms with Crippen molar-refractivity contribution in [3.63, 3.8) is 0 Å². The number of fused-ring (bicyclic) bond motifs is 1. The minimum atomic E-state index is 0.722. The van der Waals surface area contributed by atoms with E-state index in [-0.39, 0.29) is 0 Å². The van der Waals surface area contributed by atoms with Gasteiger partial charge >= 0.3 is 0 Å². The van der Waals surface area contributed by atoms with Crippen LogP contribution in [0.1, 0.15) is 11.4 Å². The summed E-state index contributed by atoms with van der Waals surface area (Å²) in [6, 6.07) is 8.45. The van der Waals surface area contributed by atoms with E-state index in [4.69, 9.17) is 0 Å². The zero-order valence-electron chi connectivity index (χ0n) is 11.2. The van der Waals surface area contributed by atoms with Crippen molar-refractivity contribution in [1.82, 2.24) is 24.6 Å². The second-order valence-electron chi connectivity index (χ2n) is 4.74. The highest BCUT2D eigenvalue weighted by atomic mass is 15.3. The number of benzene rings is 1. The summed E-state index contributed by atoms with van der Waals surface area (Å²) in [7, 11) is 4.03. The van der Waals surface area contributed by atoms with Crippen LogP contribution in [-0.4, -0.2) is 19.3 Å². The number of hydrogen-bond acceptors (Lipinski definition) is 3. The first-order chi connectivity index (χ1) is 9.25. The molecule has 0 saturated heterocycles. The van der Waals surface area contributed by atoms with E-state index in [0.717, 1.165) is 18.9 Å². The molecular formula is C14H17N5. The quantitative estimate of drug-likeness (QED) is 0.770. The molecule has 2 aromatic heterocycles. The molecule has 0 aliphatic carbocycles. The maximum atomic E-state index is 4.06. The zero-order chi connectivity index (χ0) is 13.2. The highest BCUT2D eigenvalue weighted by Gasteiger charge is 2.06. The van der Waals surface area contributed by atoms with Gasteiger partial charge in [0.1, 0.15) is 12.2 Å². The van der Waals surface area contributed by atoms with Gasteiger partial charge in [0.25, 0.3) is 0 Å². The average molecular weight is 255 g/mol. The molecule has 0 radical (unpaired) electrons. The highest BCUT2D eigenvalue weighted by molar-refractivity contribution is 5.83. The predicted molar refractivity (Wildman–Crippen MR) is 74.5 cm³/mol. The summed E-state index contributed by atoms with van der Waals surface area (Å²) in [5, 5.41) is 12.6. The second-order valence-corrected chi connectivity index (χ2v) is 4.74. The maximum Gasteiger partial charge on any atom is 0.146 e. The van der Waals surface area contributed by atoms with Crippen LogP contribution in [0.3, 0.4) is 0 Å². The Bertz CT molecular complexity index is 695. The molecule has 0 amide bonds. The third kappa shape index (κ3) is 2.24. The Labute approximate surface area is 111 Å².